The Labute approximate surface area is 53.4 Å². The van der Waals surface area contributed by atoms with Crippen molar-refractivity contribution in [2.45, 2.75) is 6.92 Å². The quantitative estimate of drug-likeness (QED) is 0.494. The number of hydrogen-bond donors (Lipinski definition) is 0. The summed E-state index contributed by atoms with van der Waals surface area (Å²) < 4.78 is 0. The van der Waals surface area contributed by atoms with Gasteiger partial charge in [0.2, 0.25) is 0 Å². The second-order valence-corrected chi connectivity index (χ2v) is 1.97. The van der Waals surface area contributed by atoms with Crippen LogP contribution in [0.25, 0.3) is 0 Å². The highest BCUT2D eigenvalue weighted by molar-refractivity contribution is 7.80. The number of nitrogens with zero attached hydrogens (tertiary/aromatic N) is 3. The molecule has 1 heterocycles. The normalized spacial score (nSPS) is 18.1. The van der Waals surface area contributed by atoms with Crippen LogP contribution in [0.15, 0.2) is 10.3 Å². The van der Waals surface area contributed by atoms with E-state index in [0.29, 0.717) is 6.54 Å². The summed E-state index contributed by atoms with van der Waals surface area (Å²) in [7, 11) is 0. The van der Waals surface area contributed by atoms with Crippen molar-refractivity contribution in [3.05, 3.63) is 0 Å². The Morgan fingerprint density at radius 3 is 2.88 bits per heavy atom. The molecule has 0 bridgehead atoms. The third kappa shape index (κ3) is 0.838. The highest BCUT2D eigenvalue weighted by atomic mass is 32.1. The molecular formula is C4H7N3S. The lowest BCUT2D eigenvalue weighted by Crippen LogP contribution is -2.19. The van der Waals surface area contributed by atoms with Crippen molar-refractivity contribution in [1.29, 1.82) is 0 Å². The smallest absolute Gasteiger partial charge is 0.124 e. The van der Waals surface area contributed by atoms with Crippen molar-refractivity contribution in [3.63, 3.8) is 0 Å². The van der Waals surface area contributed by atoms with E-state index in [1.54, 1.807) is 5.01 Å². The summed E-state index contributed by atoms with van der Waals surface area (Å²) in [5.41, 5.74) is 0. The molecule has 1 rings (SSSR count). The lowest BCUT2D eigenvalue weighted by atomic mass is 10.6. The van der Waals surface area contributed by atoms with Gasteiger partial charge in [-0.3, -0.25) is 0 Å². The van der Waals surface area contributed by atoms with Gasteiger partial charge in [-0.2, -0.15) is 5.11 Å². The fourth-order valence-corrected chi connectivity index (χ4v) is 0.763. The fraction of sp³-hybridized carbons (Fsp3) is 0.750. The average molecular weight is 129 g/mol. The molecule has 1 aliphatic heterocycles. The zero-order valence-corrected chi connectivity index (χ0v) is 5.48. The van der Waals surface area contributed by atoms with E-state index < -0.39 is 0 Å². The SMILES string of the molecule is CCN1N=NCC1=S. The lowest BCUT2D eigenvalue weighted by molar-refractivity contribution is 0.470. The first-order valence-electron chi connectivity index (χ1n) is 2.52. The van der Waals surface area contributed by atoms with Gasteiger partial charge in [0, 0.05) is 6.54 Å². The summed E-state index contributed by atoms with van der Waals surface area (Å²) in [5, 5.41) is 9.20. The molecule has 44 valence electrons. The average Bonchev–Trinajstić information content (AvgIpc) is 2.14. The van der Waals surface area contributed by atoms with Crippen LogP contribution in [0.5, 0.6) is 0 Å². The second kappa shape index (κ2) is 2.17. The van der Waals surface area contributed by atoms with E-state index in [0.717, 1.165) is 11.5 Å². The van der Waals surface area contributed by atoms with Crippen molar-refractivity contribution in [2.24, 2.45) is 10.3 Å². The van der Waals surface area contributed by atoms with Crippen LogP contribution in [-0.4, -0.2) is 23.1 Å². The molecule has 0 unspecified atom stereocenters. The summed E-state index contributed by atoms with van der Waals surface area (Å²) in [5.74, 6) is 0. The van der Waals surface area contributed by atoms with Gasteiger partial charge < -0.3 is 0 Å². The van der Waals surface area contributed by atoms with E-state index in [1.165, 1.54) is 0 Å². The second-order valence-electron chi connectivity index (χ2n) is 1.50. The van der Waals surface area contributed by atoms with Gasteiger partial charge in [0.1, 0.15) is 11.5 Å². The number of rotatable bonds is 1. The molecule has 0 spiro atoms. The Morgan fingerprint density at radius 2 is 2.62 bits per heavy atom. The van der Waals surface area contributed by atoms with Crippen LogP contribution < -0.4 is 0 Å². The Balaban J connectivity index is 2.53. The zero-order chi connectivity index (χ0) is 5.98. The predicted molar refractivity (Wildman–Crippen MR) is 34.7 cm³/mol. The minimum absolute atomic E-state index is 0.600. The van der Waals surface area contributed by atoms with E-state index >= 15 is 0 Å². The van der Waals surface area contributed by atoms with E-state index in [1.807, 2.05) is 6.92 Å². The van der Waals surface area contributed by atoms with Gasteiger partial charge in [0.25, 0.3) is 0 Å². The van der Waals surface area contributed by atoms with Gasteiger partial charge >= 0.3 is 0 Å². The molecule has 0 radical (unpaired) electrons. The lowest BCUT2D eigenvalue weighted by Gasteiger charge is -2.05. The summed E-state index contributed by atoms with van der Waals surface area (Å²) in [6, 6.07) is 0. The van der Waals surface area contributed by atoms with Gasteiger partial charge in [-0.1, -0.05) is 17.4 Å². The molecule has 0 saturated heterocycles. The molecule has 4 heteroatoms. The monoisotopic (exact) mass is 129 g/mol. The van der Waals surface area contributed by atoms with Crippen LogP contribution in [-0.2, 0) is 0 Å². The topological polar surface area (TPSA) is 28.0 Å². The van der Waals surface area contributed by atoms with E-state index in [4.69, 9.17) is 12.2 Å². The van der Waals surface area contributed by atoms with Crippen LogP contribution in [0.4, 0.5) is 0 Å². The molecule has 0 N–H and O–H groups in total. The molecule has 0 atom stereocenters. The van der Waals surface area contributed by atoms with Gasteiger partial charge in [-0.05, 0) is 6.92 Å². The van der Waals surface area contributed by atoms with E-state index in [9.17, 15) is 0 Å². The third-order valence-corrected chi connectivity index (χ3v) is 1.30. The molecule has 8 heavy (non-hydrogen) atoms. The third-order valence-electron chi connectivity index (χ3n) is 0.965. The van der Waals surface area contributed by atoms with Gasteiger partial charge in [-0.15, -0.1) is 0 Å². The maximum Gasteiger partial charge on any atom is 0.124 e. The van der Waals surface area contributed by atoms with Gasteiger partial charge in [0.15, 0.2) is 0 Å². The Hall–Kier alpha value is -0.510. The van der Waals surface area contributed by atoms with Crippen molar-refractivity contribution in [1.82, 2.24) is 5.01 Å². The first kappa shape index (κ1) is 5.62. The summed E-state index contributed by atoms with van der Waals surface area (Å²) in [6.07, 6.45) is 0. The van der Waals surface area contributed by atoms with Crippen LogP contribution in [0.3, 0.4) is 0 Å². The van der Waals surface area contributed by atoms with E-state index in [2.05, 4.69) is 10.3 Å². The highest BCUT2D eigenvalue weighted by Crippen LogP contribution is 2.01. The van der Waals surface area contributed by atoms with Gasteiger partial charge in [0.05, 0.1) is 0 Å². The standard InChI is InChI=1S/C4H7N3S/c1-2-7-4(8)3-5-6-7/h2-3H2,1H3. The first-order valence-corrected chi connectivity index (χ1v) is 2.93. The van der Waals surface area contributed by atoms with Crippen LogP contribution in [0.1, 0.15) is 6.92 Å². The number of likely N-dealkylation sites (N-methyl/N-ethyl adjacent to an activating group) is 1. The molecule has 0 aromatic carbocycles. The largest absolute Gasteiger partial charge is 0.239 e. The molecule has 0 saturated carbocycles. The molecule has 3 nitrogen and oxygen atoms in total. The Bertz CT molecular complexity index is 131. The predicted octanol–water partition coefficient (Wildman–Crippen LogP) is 1.02. The minimum atomic E-state index is 0.600. The first-order chi connectivity index (χ1) is 3.84. The van der Waals surface area contributed by atoms with Crippen LogP contribution in [0.2, 0.25) is 0 Å². The molecule has 0 aliphatic carbocycles. The van der Waals surface area contributed by atoms with Crippen molar-refractivity contribution in [2.75, 3.05) is 13.1 Å². The van der Waals surface area contributed by atoms with Gasteiger partial charge in [-0.25, -0.2) is 5.01 Å². The van der Waals surface area contributed by atoms with Crippen molar-refractivity contribution >= 4 is 17.2 Å². The summed E-state index contributed by atoms with van der Waals surface area (Å²) in [6.45, 7) is 3.43. The number of hydrogen-bond acceptors (Lipinski definition) is 3. The molecule has 0 fully saturated rings. The molecular weight excluding hydrogens is 122 g/mol. The Morgan fingerprint density at radius 1 is 1.88 bits per heavy atom. The van der Waals surface area contributed by atoms with Crippen LogP contribution in [0, 0.1) is 0 Å². The summed E-state index contributed by atoms with van der Waals surface area (Å²) in [4.78, 5) is 0.826. The van der Waals surface area contributed by atoms with E-state index in [-0.39, 0.29) is 0 Å². The van der Waals surface area contributed by atoms with Crippen molar-refractivity contribution in [3.8, 4) is 0 Å². The molecule has 0 aromatic rings. The maximum absolute atomic E-state index is 4.88. The fourth-order valence-electron chi connectivity index (χ4n) is 0.540. The molecule has 1 aliphatic rings. The number of thiocarbonyl (C=S) groups is 1. The maximum atomic E-state index is 4.88. The molecule has 0 amide bonds. The highest BCUT2D eigenvalue weighted by Gasteiger charge is 2.09. The summed E-state index contributed by atoms with van der Waals surface area (Å²) >= 11 is 4.88. The minimum Gasteiger partial charge on any atom is -0.239 e. The van der Waals surface area contributed by atoms with Crippen LogP contribution >= 0.6 is 12.2 Å². The zero-order valence-electron chi connectivity index (χ0n) is 4.66. The molecule has 0 aromatic heterocycles. The Kier molecular flexibility index (Phi) is 1.53. The van der Waals surface area contributed by atoms with Crippen molar-refractivity contribution < 1.29 is 0 Å².